The minimum atomic E-state index is -0.380. The second kappa shape index (κ2) is 7.57. The van der Waals surface area contributed by atoms with Gasteiger partial charge >= 0.3 is 0 Å². The van der Waals surface area contributed by atoms with Gasteiger partial charge in [-0.2, -0.15) is 0 Å². The lowest BCUT2D eigenvalue weighted by Crippen LogP contribution is -2.20. The van der Waals surface area contributed by atoms with Gasteiger partial charge in [-0.25, -0.2) is 0 Å². The van der Waals surface area contributed by atoms with Crippen LogP contribution in [0.1, 0.15) is 0 Å². The van der Waals surface area contributed by atoms with Crippen molar-refractivity contribution in [2.24, 2.45) is 0 Å². The average Bonchev–Trinajstić information content (AvgIpc) is 3.05. The normalized spacial score (nSPS) is 10.4. The van der Waals surface area contributed by atoms with Gasteiger partial charge in [0, 0.05) is 17.3 Å². The maximum Gasteiger partial charge on any atom is 0.264 e. The number of benzene rings is 1. The molecule has 0 bridgehead atoms. The zero-order valence-electron chi connectivity index (χ0n) is 12.1. The Kier molecular flexibility index (Phi) is 5.24. The van der Waals surface area contributed by atoms with Gasteiger partial charge in [-0.1, -0.05) is 40.6 Å². The van der Waals surface area contributed by atoms with E-state index in [0.29, 0.717) is 31.6 Å². The number of carbonyl (C=O) groups excluding carboxylic acids is 1. The molecule has 0 spiro atoms. The van der Waals surface area contributed by atoms with Crippen LogP contribution < -0.4 is 10.1 Å². The van der Waals surface area contributed by atoms with Crippen LogP contribution in [0.2, 0.25) is 10.0 Å². The van der Waals surface area contributed by atoms with Crippen LogP contribution in [-0.4, -0.2) is 27.7 Å². The second-order valence-corrected chi connectivity index (χ2v) is 6.36. The van der Waals surface area contributed by atoms with Gasteiger partial charge in [0.15, 0.2) is 11.6 Å². The molecule has 0 saturated heterocycles. The molecule has 0 aliphatic heterocycles. The van der Waals surface area contributed by atoms with Crippen molar-refractivity contribution in [2.45, 2.75) is 0 Å². The number of amides is 1. The number of aromatic nitrogens is 3. The molecule has 1 N–H and O–H groups in total. The van der Waals surface area contributed by atoms with E-state index in [1.807, 2.05) is 18.2 Å². The lowest BCUT2D eigenvalue weighted by Gasteiger charge is -2.07. The number of rotatable bonds is 5. The summed E-state index contributed by atoms with van der Waals surface area (Å²) in [6.07, 6.45) is 1.66. The van der Waals surface area contributed by atoms with E-state index in [2.05, 4.69) is 20.5 Å². The number of hydrogen-bond donors (Lipinski definition) is 1. The minimum Gasteiger partial charge on any atom is -0.482 e. The maximum absolute atomic E-state index is 11.9. The Morgan fingerprint density at radius 2 is 2.08 bits per heavy atom. The molecule has 0 saturated carbocycles. The first-order valence-electron chi connectivity index (χ1n) is 6.74. The molecule has 0 fully saturated rings. The largest absolute Gasteiger partial charge is 0.482 e. The summed E-state index contributed by atoms with van der Waals surface area (Å²) in [5, 5.41) is 12.3. The van der Waals surface area contributed by atoms with E-state index < -0.39 is 0 Å². The first-order valence-corrected chi connectivity index (χ1v) is 8.31. The van der Waals surface area contributed by atoms with E-state index in [-0.39, 0.29) is 12.5 Å². The molecule has 0 radical (unpaired) electrons. The number of hydrogen-bond acceptors (Lipinski definition) is 6. The molecular weight excluding hydrogens is 371 g/mol. The van der Waals surface area contributed by atoms with Crippen LogP contribution in [0.3, 0.4) is 0 Å². The van der Waals surface area contributed by atoms with Gasteiger partial charge < -0.3 is 4.74 Å². The lowest BCUT2D eigenvalue weighted by molar-refractivity contribution is -0.118. The molecule has 3 aromatic rings. The number of anilines is 1. The van der Waals surface area contributed by atoms with Crippen LogP contribution in [0, 0.1) is 0 Å². The Balaban J connectivity index is 1.59. The summed E-state index contributed by atoms with van der Waals surface area (Å²) in [5.41, 5.74) is 0.692. The van der Waals surface area contributed by atoms with E-state index in [1.54, 1.807) is 24.4 Å². The van der Waals surface area contributed by atoms with E-state index >= 15 is 0 Å². The van der Waals surface area contributed by atoms with Gasteiger partial charge in [0.05, 0.1) is 5.02 Å². The second-order valence-electron chi connectivity index (χ2n) is 4.54. The molecule has 1 amide bonds. The molecule has 2 heterocycles. The predicted molar refractivity (Wildman–Crippen MR) is 93.7 cm³/mol. The number of nitrogens with zero attached hydrogens (tertiary/aromatic N) is 3. The van der Waals surface area contributed by atoms with Gasteiger partial charge in [-0.3, -0.25) is 15.1 Å². The summed E-state index contributed by atoms with van der Waals surface area (Å²) >= 11 is 13.1. The van der Waals surface area contributed by atoms with Crippen LogP contribution >= 0.6 is 34.5 Å². The molecule has 0 aliphatic carbocycles. The smallest absolute Gasteiger partial charge is 0.264 e. The quantitative estimate of drug-likeness (QED) is 0.725. The fourth-order valence-corrected chi connectivity index (χ4v) is 2.82. The minimum absolute atomic E-state index is 0.224. The SMILES string of the molecule is O=C(COc1cc(Cl)ccc1Cl)Nc1nnc(-c2ccccn2)s1. The third-order valence-electron chi connectivity index (χ3n) is 2.81. The summed E-state index contributed by atoms with van der Waals surface area (Å²) in [6.45, 7) is -0.224. The third kappa shape index (κ3) is 4.19. The zero-order valence-corrected chi connectivity index (χ0v) is 14.4. The van der Waals surface area contributed by atoms with E-state index in [0.717, 1.165) is 0 Å². The predicted octanol–water partition coefficient (Wildman–Crippen LogP) is 3.92. The Morgan fingerprint density at radius 3 is 2.88 bits per heavy atom. The molecule has 0 atom stereocenters. The van der Waals surface area contributed by atoms with E-state index in [1.165, 1.54) is 11.3 Å². The van der Waals surface area contributed by atoms with Crippen LogP contribution in [-0.2, 0) is 4.79 Å². The van der Waals surface area contributed by atoms with Crippen molar-refractivity contribution in [3.63, 3.8) is 0 Å². The fourth-order valence-electron chi connectivity index (χ4n) is 1.75. The zero-order chi connectivity index (χ0) is 16.9. The fraction of sp³-hybridized carbons (Fsp3) is 0.0667. The Bertz CT molecular complexity index is 858. The molecule has 3 rings (SSSR count). The summed E-state index contributed by atoms with van der Waals surface area (Å²) < 4.78 is 5.36. The van der Waals surface area contributed by atoms with Crippen molar-refractivity contribution in [3.8, 4) is 16.5 Å². The van der Waals surface area contributed by atoms with Gasteiger partial charge in [0.25, 0.3) is 5.91 Å². The standard InChI is InChI=1S/C15H10Cl2N4O2S/c16-9-4-5-10(17)12(7-9)23-8-13(22)19-15-21-20-14(24-15)11-3-1-2-6-18-11/h1-7H,8H2,(H,19,21,22). The molecule has 122 valence electrons. The van der Waals surface area contributed by atoms with Crippen molar-refractivity contribution >= 4 is 45.6 Å². The highest BCUT2D eigenvalue weighted by Crippen LogP contribution is 2.28. The van der Waals surface area contributed by atoms with E-state index in [4.69, 9.17) is 27.9 Å². The Labute approximate surface area is 151 Å². The van der Waals surface area contributed by atoms with Crippen LogP contribution in [0.4, 0.5) is 5.13 Å². The summed E-state index contributed by atoms with van der Waals surface area (Å²) in [5.74, 6) is -0.0412. The highest BCUT2D eigenvalue weighted by Gasteiger charge is 2.11. The molecule has 9 heteroatoms. The number of carbonyl (C=O) groups is 1. The van der Waals surface area contributed by atoms with Gasteiger partial charge in [0.2, 0.25) is 5.13 Å². The molecule has 0 aliphatic rings. The summed E-state index contributed by atoms with van der Waals surface area (Å²) in [7, 11) is 0. The Morgan fingerprint density at radius 1 is 1.21 bits per heavy atom. The van der Waals surface area contributed by atoms with Crippen LogP contribution in [0.15, 0.2) is 42.6 Å². The summed E-state index contributed by atoms with van der Waals surface area (Å²) in [6, 6.07) is 10.3. The van der Waals surface area contributed by atoms with Crippen molar-refractivity contribution < 1.29 is 9.53 Å². The van der Waals surface area contributed by atoms with Crippen molar-refractivity contribution in [2.75, 3.05) is 11.9 Å². The van der Waals surface area contributed by atoms with Crippen molar-refractivity contribution in [3.05, 3.63) is 52.6 Å². The van der Waals surface area contributed by atoms with E-state index in [9.17, 15) is 4.79 Å². The molecule has 0 unspecified atom stereocenters. The van der Waals surface area contributed by atoms with Gasteiger partial charge in [0.1, 0.15) is 11.4 Å². The third-order valence-corrected chi connectivity index (χ3v) is 4.22. The average molecular weight is 381 g/mol. The number of pyridine rings is 1. The first kappa shape index (κ1) is 16.6. The maximum atomic E-state index is 11.9. The molecule has 2 aromatic heterocycles. The molecule has 1 aromatic carbocycles. The summed E-state index contributed by atoms with van der Waals surface area (Å²) in [4.78, 5) is 16.1. The molecule has 24 heavy (non-hydrogen) atoms. The van der Waals surface area contributed by atoms with Crippen molar-refractivity contribution in [1.82, 2.24) is 15.2 Å². The number of ether oxygens (including phenoxy) is 1. The lowest BCUT2D eigenvalue weighted by atomic mass is 10.3. The number of nitrogens with one attached hydrogen (secondary N) is 1. The topological polar surface area (TPSA) is 77.0 Å². The highest BCUT2D eigenvalue weighted by atomic mass is 35.5. The van der Waals surface area contributed by atoms with Crippen molar-refractivity contribution in [1.29, 1.82) is 0 Å². The van der Waals surface area contributed by atoms with Crippen LogP contribution in [0.25, 0.3) is 10.7 Å². The van der Waals surface area contributed by atoms with Gasteiger partial charge in [-0.05, 0) is 24.3 Å². The van der Waals surface area contributed by atoms with Crippen LogP contribution in [0.5, 0.6) is 5.75 Å². The number of halogens is 2. The Hall–Kier alpha value is -2.22. The highest BCUT2D eigenvalue weighted by molar-refractivity contribution is 7.18. The monoisotopic (exact) mass is 380 g/mol. The molecule has 6 nitrogen and oxygen atoms in total. The van der Waals surface area contributed by atoms with Gasteiger partial charge in [-0.15, -0.1) is 10.2 Å². The molecular formula is C15H10Cl2N4O2S. The first-order chi connectivity index (χ1) is 11.6.